The second-order valence-electron chi connectivity index (χ2n) is 5.01. The van der Waals surface area contributed by atoms with E-state index in [9.17, 15) is 4.79 Å². The van der Waals surface area contributed by atoms with E-state index in [-0.39, 0.29) is 5.97 Å². The van der Waals surface area contributed by atoms with Crippen LogP contribution in [0.5, 0.6) is 0 Å². The molecule has 0 bridgehead atoms. The molecule has 92 valence electrons. The van der Waals surface area contributed by atoms with Crippen LogP contribution in [-0.2, 0) is 9.53 Å². The second kappa shape index (κ2) is 7.48. The molecule has 1 aliphatic rings. The van der Waals surface area contributed by atoms with Crippen molar-refractivity contribution in [2.24, 2.45) is 11.8 Å². The lowest BCUT2D eigenvalue weighted by molar-refractivity contribution is -0.137. The number of rotatable bonds is 6. The van der Waals surface area contributed by atoms with E-state index in [2.05, 4.69) is 13.5 Å². The van der Waals surface area contributed by atoms with Gasteiger partial charge in [-0.05, 0) is 31.1 Å². The average Bonchev–Trinajstić information content (AvgIpc) is 2.28. The Kier molecular flexibility index (Phi) is 6.20. The van der Waals surface area contributed by atoms with Gasteiger partial charge in [0.2, 0.25) is 0 Å². The van der Waals surface area contributed by atoms with Crippen LogP contribution >= 0.6 is 0 Å². The Labute approximate surface area is 99.1 Å². The Morgan fingerprint density at radius 2 is 2.25 bits per heavy atom. The summed E-state index contributed by atoms with van der Waals surface area (Å²) in [5.74, 6) is 1.53. The van der Waals surface area contributed by atoms with Crippen LogP contribution in [0.2, 0.25) is 0 Å². The smallest absolute Gasteiger partial charge is 0.330 e. The summed E-state index contributed by atoms with van der Waals surface area (Å²) in [5.41, 5.74) is 0. The van der Waals surface area contributed by atoms with Gasteiger partial charge in [-0.1, -0.05) is 39.2 Å². The predicted molar refractivity (Wildman–Crippen MR) is 66.1 cm³/mol. The maximum atomic E-state index is 10.8. The highest BCUT2D eigenvalue weighted by Gasteiger charge is 2.17. The van der Waals surface area contributed by atoms with E-state index in [1.807, 2.05) is 0 Å². The van der Waals surface area contributed by atoms with Gasteiger partial charge in [0, 0.05) is 6.08 Å². The molecule has 2 heteroatoms. The molecular weight excluding hydrogens is 200 g/mol. The van der Waals surface area contributed by atoms with Crippen molar-refractivity contribution in [3.05, 3.63) is 12.7 Å². The maximum Gasteiger partial charge on any atom is 0.330 e. The zero-order valence-electron chi connectivity index (χ0n) is 10.4. The lowest BCUT2D eigenvalue weighted by atomic mass is 9.80. The zero-order valence-corrected chi connectivity index (χ0v) is 10.4. The number of carbonyl (C=O) groups excluding carboxylic acids is 1. The van der Waals surface area contributed by atoms with E-state index < -0.39 is 0 Å². The third-order valence-corrected chi connectivity index (χ3v) is 3.46. The van der Waals surface area contributed by atoms with Crippen molar-refractivity contribution in [2.75, 3.05) is 6.61 Å². The van der Waals surface area contributed by atoms with Crippen molar-refractivity contribution in [2.45, 2.75) is 51.9 Å². The number of carbonyl (C=O) groups is 1. The van der Waals surface area contributed by atoms with Crippen molar-refractivity contribution in [3.8, 4) is 0 Å². The Bertz CT molecular complexity index is 223. The maximum absolute atomic E-state index is 10.8. The molecule has 0 aliphatic heterocycles. The van der Waals surface area contributed by atoms with Crippen LogP contribution in [-0.4, -0.2) is 12.6 Å². The summed E-state index contributed by atoms with van der Waals surface area (Å²) in [6, 6.07) is 0. The lowest BCUT2D eigenvalue weighted by Crippen LogP contribution is -2.13. The molecule has 0 heterocycles. The van der Waals surface area contributed by atoms with Crippen LogP contribution in [0.3, 0.4) is 0 Å². The molecule has 0 aromatic heterocycles. The standard InChI is InChI=1S/C14H24O2/c1-3-14(15)16-10-5-4-8-13-9-6-7-12(2)11-13/h3,12-13H,1,4-11H2,2H3. The molecule has 0 spiro atoms. The Morgan fingerprint density at radius 1 is 1.44 bits per heavy atom. The van der Waals surface area contributed by atoms with Gasteiger partial charge < -0.3 is 4.74 Å². The number of unbranched alkanes of at least 4 members (excludes halogenated alkanes) is 1. The van der Waals surface area contributed by atoms with E-state index in [0.717, 1.165) is 18.3 Å². The third kappa shape index (κ3) is 5.34. The highest BCUT2D eigenvalue weighted by Crippen LogP contribution is 2.31. The molecule has 2 nitrogen and oxygen atoms in total. The molecule has 1 aliphatic carbocycles. The molecule has 0 aromatic rings. The van der Waals surface area contributed by atoms with Gasteiger partial charge in [-0.15, -0.1) is 0 Å². The van der Waals surface area contributed by atoms with Gasteiger partial charge in [-0.3, -0.25) is 0 Å². The summed E-state index contributed by atoms with van der Waals surface area (Å²) in [6.07, 6.45) is 10.3. The number of hydrogen-bond acceptors (Lipinski definition) is 2. The molecule has 2 atom stereocenters. The summed E-state index contributed by atoms with van der Waals surface area (Å²) >= 11 is 0. The highest BCUT2D eigenvalue weighted by molar-refractivity contribution is 5.81. The molecule has 16 heavy (non-hydrogen) atoms. The molecule has 2 unspecified atom stereocenters. The second-order valence-corrected chi connectivity index (χ2v) is 5.01. The fourth-order valence-corrected chi connectivity index (χ4v) is 2.59. The van der Waals surface area contributed by atoms with Crippen LogP contribution in [0.1, 0.15) is 51.9 Å². The van der Waals surface area contributed by atoms with Gasteiger partial charge >= 0.3 is 5.97 Å². The summed E-state index contributed by atoms with van der Waals surface area (Å²) < 4.78 is 4.94. The highest BCUT2D eigenvalue weighted by atomic mass is 16.5. The van der Waals surface area contributed by atoms with Gasteiger partial charge in [0.25, 0.3) is 0 Å². The first-order valence-electron chi connectivity index (χ1n) is 6.51. The van der Waals surface area contributed by atoms with Gasteiger partial charge in [-0.2, -0.15) is 0 Å². The molecule has 1 fully saturated rings. The fraction of sp³-hybridized carbons (Fsp3) is 0.786. The summed E-state index contributed by atoms with van der Waals surface area (Å²) in [4.78, 5) is 10.8. The lowest BCUT2D eigenvalue weighted by Gasteiger charge is -2.26. The first-order valence-corrected chi connectivity index (χ1v) is 6.51. The molecule has 0 aromatic carbocycles. The number of hydrogen-bond donors (Lipinski definition) is 0. The zero-order chi connectivity index (χ0) is 11.8. The SMILES string of the molecule is C=CC(=O)OCCCCC1CCCC(C)C1. The molecular formula is C14H24O2. The summed E-state index contributed by atoms with van der Waals surface area (Å²) in [7, 11) is 0. The monoisotopic (exact) mass is 224 g/mol. The predicted octanol–water partition coefficient (Wildman–Crippen LogP) is 3.71. The fourth-order valence-electron chi connectivity index (χ4n) is 2.59. The Balaban J connectivity index is 1.98. The van der Waals surface area contributed by atoms with Crippen molar-refractivity contribution in [1.29, 1.82) is 0 Å². The van der Waals surface area contributed by atoms with E-state index in [1.165, 1.54) is 44.6 Å². The summed E-state index contributed by atoms with van der Waals surface area (Å²) in [5, 5.41) is 0. The number of esters is 1. The normalized spacial score (nSPS) is 25.1. The Hall–Kier alpha value is -0.790. The molecule has 0 N–H and O–H groups in total. The topological polar surface area (TPSA) is 26.3 Å². The molecule has 0 radical (unpaired) electrons. The van der Waals surface area contributed by atoms with E-state index in [0.29, 0.717) is 6.61 Å². The Morgan fingerprint density at radius 3 is 2.94 bits per heavy atom. The van der Waals surface area contributed by atoms with Crippen molar-refractivity contribution < 1.29 is 9.53 Å². The minimum Gasteiger partial charge on any atom is -0.463 e. The first-order chi connectivity index (χ1) is 7.72. The molecule has 1 rings (SSSR count). The van der Waals surface area contributed by atoms with E-state index in [4.69, 9.17) is 4.74 Å². The first kappa shape index (κ1) is 13.3. The summed E-state index contributed by atoms with van der Waals surface area (Å²) in [6.45, 7) is 6.27. The van der Waals surface area contributed by atoms with Crippen molar-refractivity contribution in [3.63, 3.8) is 0 Å². The van der Waals surface area contributed by atoms with Crippen LogP contribution < -0.4 is 0 Å². The van der Waals surface area contributed by atoms with Gasteiger partial charge in [-0.25, -0.2) is 4.79 Å². The van der Waals surface area contributed by atoms with Crippen molar-refractivity contribution in [1.82, 2.24) is 0 Å². The number of ether oxygens (including phenoxy) is 1. The van der Waals surface area contributed by atoms with Gasteiger partial charge in [0.1, 0.15) is 0 Å². The minimum atomic E-state index is -0.300. The average molecular weight is 224 g/mol. The van der Waals surface area contributed by atoms with Gasteiger partial charge in [0.05, 0.1) is 6.61 Å². The molecule has 0 amide bonds. The quantitative estimate of drug-likeness (QED) is 0.390. The largest absolute Gasteiger partial charge is 0.463 e. The van der Waals surface area contributed by atoms with Gasteiger partial charge in [0.15, 0.2) is 0 Å². The van der Waals surface area contributed by atoms with Crippen molar-refractivity contribution >= 4 is 5.97 Å². The third-order valence-electron chi connectivity index (χ3n) is 3.46. The van der Waals surface area contributed by atoms with E-state index in [1.54, 1.807) is 0 Å². The minimum absolute atomic E-state index is 0.300. The van der Waals surface area contributed by atoms with Crippen LogP contribution in [0.4, 0.5) is 0 Å². The molecule has 0 saturated heterocycles. The van der Waals surface area contributed by atoms with Crippen LogP contribution in [0.25, 0.3) is 0 Å². The van der Waals surface area contributed by atoms with Crippen LogP contribution in [0.15, 0.2) is 12.7 Å². The van der Waals surface area contributed by atoms with E-state index >= 15 is 0 Å². The molecule has 1 saturated carbocycles. The van der Waals surface area contributed by atoms with Crippen LogP contribution in [0, 0.1) is 11.8 Å².